The second-order valence-corrected chi connectivity index (χ2v) is 3.12. The van der Waals surface area contributed by atoms with E-state index in [4.69, 9.17) is 6.51 Å². The van der Waals surface area contributed by atoms with Crippen molar-refractivity contribution in [2.24, 2.45) is 0 Å². The van der Waals surface area contributed by atoms with Gasteiger partial charge in [0.15, 0.2) is 0 Å². The Labute approximate surface area is 34.3 Å². The maximum atomic E-state index is 9.05. The highest BCUT2D eigenvalue weighted by molar-refractivity contribution is 14.2. The van der Waals surface area contributed by atoms with E-state index in [1.54, 1.807) is 0 Å². The Hall–Kier alpha value is 0.710. The lowest BCUT2D eigenvalue weighted by molar-refractivity contribution is 0.627. The van der Waals surface area contributed by atoms with Crippen LogP contribution in [-0.2, 0) is 3.07 Å². The average molecular weight is 192 g/mol. The first-order chi connectivity index (χ1) is 1.73. The van der Waals surface area contributed by atoms with Crippen LogP contribution in [0.2, 0.25) is 0 Å². The highest BCUT2D eigenvalue weighted by Gasteiger charge is 1.49. The molecule has 1 N–H and O–H groups in total. The van der Waals surface area contributed by atoms with E-state index < -0.39 is 18.3 Å². The predicted octanol–water partition coefficient (Wildman–Crippen LogP) is 0.858. The fourth-order valence-electron chi connectivity index (χ4n) is 0. The van der Waals surface area contributed by atoms with Gasteiger partial charge in [-0.15, -0.1) is 0 Å². The van der Waals surface area contributed by atoms with Gasteiger partial charge >= 0.3 is 0 Å². The van der Waals surface area contributed by atoms with Crippen LogP contribution in [0.25, 0.3) is 0 Å². The molecule has 0 atom stereocenters. The Morgan fingerprint density at radius 1 is 2.00 bits per heavy atom. The van der Waals surface area contributed by atoms with Gasteiger partial charge in [0, 0.05) is 9.28 Å². The van der Waals surface area contributed by atoms with Crippen molar-refractivity contribution in [3.05, 3.63) is 0 Å². The summed E-state index contributed by atoms with van der Waals surface area (Å²) in [5, 5.41) is 0. The van der Waals surface area contributed by atoms with Crippen molar-refractivity contribution in [2.75, 3.05) is 0 Å². The zero-order valence-corrected chi connectivity index (χ0v) is 4.62. The summed E-state index contributed by atoms with van der Waals surface area (Å²) < 4.78 is 16.5. The summed E-state index contributed by atoms with van der Waals surface area (Å²) in [7, 11) is 3.78. The molecule has 0 aromatic heterocycles. The van der Waals surface area contributed by atoms with Crippen LogP contribution in [0, 0.1) is 0 Å². The van der Waals surface area contributed by atoms with Crippen molar-refractivity contribution < 1.29 is 6.51 Å². The van der Waals surface area contributed by atoms with Crippen LogP contribution in [0.4, 0.5) is 0 Å². The van der Waals surface area contributed by atoms with Gasteiger partial charge in [-0.05, 0) is 0 Å². The summed E-state index contributed by atoms with van der Waals surface area (Å²) in [4.78, 5) is 0. The van der Waals surface area contributed by atoms with E-state index in [-0.39, 0.29) is 0 Å². The molecule has 26 valence electrons. The Morgan fingerprint density at radius 2 is 2.00 bits per heavy atom. The normalized spacial score (nSPS) is 8.50. The monoisotopic (exact) mass is 192 g/mol. The van der Waals surface area contributed by atoms with E-state index in [1.807, 2.05) is 0 Å². The molecule has 0 spiro atoms. The van der Waals surface area contributed by atoms with Crippen molar-refractivity contribution in [3.63, 3.8) is 0 Å². The van der Waals surface area contributed by atoms with Crippen LogP contribution >= 0.6 is 27.6 Å². The first kappa shape index (κ1) is 4.71. The summed E-state index contributed by atoms with van der Waals surface area (Å²) in [5.74, 6) is 0. The summed E-state index contributed by atoms with van der Waals surface area (Å²) in [6.45, 7) is 0. The molecule has 0 saturated carbocycles. The summed E-state index contributed by atoms with van der Waals surface area (Å²) in [6, 6.07) is 0. The van der Waals surface area contributed by atoms with Crippen molar-refractivity contribution in [1.82, 2.24) is 0 Å². The molecule has 0 aliphatic rings. The van der Waals surface area contributed by atoms with E-state index in [1.165, 1.54) is 0 Å². The molecule has 0 amide bonds. The van der Waals surface area contributed by atoms with Crippen LogP contribution in [0.1, 0.15) is 0 Å². The second kappa shape index (κ2) is 1.98. The third-order valence-corrected chi connectivity index (χ3v) is 0. The largest absolute Gasteiger partial charge is 0.306 e. The average Bonchev–Trinajstić information content (AvgIpc) is 0.811. The number of halogens is 1. The Bertz CT molecular complexity index is 54.4. The lowest BCUT2D eigenvalue weighted by atomic mass is 16.0. The molecular weight excluding hydrogens is 191 g/mol. The van der Waals surface area contributed by atoms with Crippen molar-refractivity contribution in [3.8, 4) is 0 Å². The minimum absolute atomic E-state index is 2.93. The first-order valence-corrected chi connectivity index (χ1v) is 5.27. The summed E-state index contributed by atoms with van der Waals surface area (Å²) in [6.07, 6.45) is 0. The maximum absolute atomic E-state index is 9.05. The fraction of sp³-hybridized carbons (Fsp3) is 0. The van der Waals surface area contributed by atoms with Crippen LogP contribution < -0.4 is 0 Å². The minimum Gasteiger partial charge on any atom is -0.306 e. The minimum atomic E-state index is -2.93. The summed E-state index contributed by atoms with van der Waals surface area (Å²) >= 11 is -2.93. The third kappa shape index (κ3) is 15.7. The van der Waals surface area contributed by atoms with E-state index in [2.05, 4.69) is 9.28 Å². The first-order valence-electron chi connectivity index (χ1n) is 0.478. The standard InChI is InChI=1S/HIO2S/c2-1(3)4/h(H,2,3,4). The quantitative estimate of drug-likeness (QED) is 0.578. The molecule has 0 saturated heterocycles. The molecule has 0 aliphatic carbocycles. The molecule has 0 fully saturated rings. The molecule has 2 nitrogen and oxygen atoms in total. The molecule has 0 aromatic rings. The maximum Gasteiger partial charge on any atom is 0.299 e. The predicted molar refractivity (Wildman–Crippen MR) is 24.5 cm³/mol. The van der Waals surface area contributed by atoms with Crippen LogP contribution in [0.5, 0.6) is 0 Å². The van der Waals surface area contributed by atoms with E-state index >= 15 is 0 Å². The van der Waals surface area contributed by atoms with Gasteiger partial charge in [-0.1, -0.05) is 0 Å². The lowest BCUT2D eigenvalue weighted by Crippen LogP contribution is -1.11. The topological polar surface area (TPSA) is 37.3 Å². The molecule has 4 heavy (non-hydrogen) atoms. The van der Waals surface area contributed by atoms with Gasteiger partial charge in [0.2, 0.25) is 0 Å². The number of hydrogen-bond acceptors (Lipinski definition) is 2. The van der Waals surface area contributed by atoms with Gasteiger partial charge in [-0.3, -0.25) is 0 Å². The second-order valence-electron chi connectivity index (χ2n) is 0.201. The molecule has 0 rings (SSSR count). The zero-order chi connectivity index (χ0) is 3.58. The van der Waals surface area contributed by atoms with E-state index in [9.17, 15) is 0 Å². The molecular formula is HIO2S. The molecule has 0 aromatic carbocycles. The smallest absolute Gasteiger partial charge is 0.299 e. The third-order valence-electron chi connectivity index (χ3n) is 0. The van der Waals surface area contributed by atoms with Crippen molar-refractivity contribution >= 4 is 27.6 Å². The molecule has 0 aliphatic heterocycles. The zero-order valence-electron chi connectivity index (χ0n) is 1.64. The van der Waals surface area contributed by atoms with Crippen LogP contribution in [-0.4, -0.2) is 3.44 Å². The van der Waals surface area contributed by atoms with Gasteiger partial charge in [0.25, 0.3) is 18.3 Å². The Morgan fingerprint density at radius 3 is 2.00 bits per heavy atom. The highest BCUT2D eigenvalue weighted by Crippen LogP contribution is 1.96. The van der Waals surface area contributed by atoms with Gasteiger partial charge in [0.05, 0.1) is 0 Å². The van der Waals surface area contributed by atoms with E-state index in [0.29, 0.717) is 0 Å². The molecule has 0 bridgehead atoms. The number of hydrogen-bond donors (Lipinski definition) is 1. The van der Waals surface area contributed by atoms with Gasteiger partial charge in [-0.25, -0.2) is 3.07 Å². The SMILES string of the molecule is O=I(O)=S. The number of rotatable bonds is 0. The lowest BCUT2D eigenvalue weighted by Gasteiger charge is -1.40. The Balaban J connectivity index is 3.51. The van der Waals surface area contributed by atoms with E-state index in [0.717, 1.165) is 0 Å². The van der Waals surface area contributed by atoms with Crippen molar-refractivity contribution in [1.29, 1.82) is 0 Å². The Kier molecular flexibility index (Phi) is 2.33. The van der Waals surface area contributed by atoms with Crippen LogP contribution in [0.15, 0.2) is 0 Å². The summed E-state index contributed by atoms with van der Waals surface area (Å²) in [5.41, 5.74) is 0. The van der Waals surface area contributed by atoms with Gasteiger partial charge in [-0.2, -0.15) is 0 Å². The van der Waals surface area contributed by atoms with Crippen molar-refractivity contribution in [2.45, 2.75) is 0 Å². The van der Waals surface area contributed by atoms with Gasteiger partial charge < -0.3 is 3.44 Å². The molecule has 0 heterocycles. The molecule has 0 unspecified atom stereocenters. The molecule has 0 radical (unpaired) electrons. The van der Waals surface area contributed by atoms with Gasteiger partial charge in [0.1, 0.15) is 0 Å². The molecule has 4 heteroatoms. The highest BCUT2D eigenvalue weighted by atomic mass is 127. The fourth-order valence-corrected chi connectivity index (χ4v) is 0. The van der Waals surface area contributed by atoms with Crippen LogP contribution in [0.3, 0.4) is 0 Å².